The van der Waals surface area contributed by atoms with Crippen LogP contribution in [0.4, 0.5) is 0 Å². The third kappa shape index (κ3) is 4.92. The van der Waals surface area contributed by atoms with Crippen LogP contribution in [-0.4, -0.2) is 46.3 Å². The summed E-state index contributed by atoms with van der Waals surface area (Å²) < 4.78 is 5.34. The van der Waals surface area contributed by atoms with Crippen molar-refractivity contribution in [3.63, 3.8) is 0 Å². The molecule has 1 unspecified atom stereocenters. The van der Waals surface area contributed by atoms with Gasteiger partial charge in [0.15, 0.2) is 0 Å². The van der Waals surface area contributed by atoms with Crippen LogP contribution in [0, 0.1) is 0 Å². The van der Waals surface area contributed by atoms with Gasteiger partial charge in [0.2, 0.25) is 0 Å². The molecule has 1 fully saturated rings. The molecule has 0 radical (unpaired) electrons. The lowest BCUT2D eigenvalue weighted by atomic mass is 9.96. The van der Waals surface area contributed by atoms with E-state index in [0.29, 0.717) is 0 Å². The number of unbranched alkanes of at least 4 members (excludes halogenated alkanes) is 5. The van der Waals surface area contributed by atoms with E-state index in [4.69, 9.17) is 4.74 Å². The van der Waals surface area contributed by atoms with Crippen LogP contribution in [0.25, 0.3) is 0 Å². The first-order chi connectivity index (χ1) is 8.16. The molecule has 0 aliphatic carbocycles. The number of aliphatic hydroxyl groups is 3. The van der Waals surface area contributed by atoms with E-state index in [1.807, 2.05) is 0 Å². The lowest BCUT2D eigenvalue weighted by Crippen LogP contribution is -2.52. The Morgan fingerprint density at radius 3 is 2.29 bits per heavy atom. The minimum absolute atomic E-state index is 0.124. The summed E-state index contributed by atoms with van der Waals surface area (Å²) in [6.45, 7) is 2.32. The maximum Gasteiger partial charge on any atom is 0.111 e. The Morgan fingerprint density at radius 2 is 1.59 bits per heavy atom. The van der Waals surface area contributed by atoms with Crippen molar-refractivity contribution in [1.82, 2.24) is 0 Å². The van der Waals surface area contributed by atoms with Gasteiger partial charge in [-0.05, 0) is 6.42 Å². The van der Waals surface area contributed by atoms with E-state index in [1.54, 1.807) is 0 Å². The summed E-state index contributed by atoms with van der Waals surface area (Å²) in [5.41, 5.74) is 0. The highest BCUT2D eigenvalue weighted by Gasteiger charge is 2.36. The average molecular weight is 246 g/mol. The second-order valence-electron chi connectivity index (χ2n) is 4.98. The maximum absolute atomic E-state index is 9.71. The number of hydrogen-bond donors (Lipinski definition) is 3. The van der Waals surface area contributed by atoms with Gasteiger partial charge in [0.05, 0.1) is 12.7 Å². The number of aliphatic hydroxyl groups excluding tert-OH is 3. The molecule has 1 aliphatic rings. The van der Waals surface area contributed by atoms with Crippen molar-refractivity contribution in [2.75, 3.05) is 6.61 Å². The van der Waals surface area contributed by atoms with Crippen LogP contribution in [0.1, 0.15) is 51.9 Å². The molecule has 4 atom stereocenters. The fourth-order valence-electron chi connectivity index (χ4n) is 2.25. The van der Waals surface area contributed by atoms with E-state index >= 15 is 0 Å². The predicted molar refractivity (Wildman–Crippen MR) is 65.8 cm³/mol. The summed E-state index contributed by atoms with van der Waals surface area (Å²) >= 11 is 0. The quantitative estimate of drug-likeness (QED) is 0.591. The van der Waals surface area contributed by atoms with E-state index in [2.05, 4.69) is 6.92 Å². The van der Waals surface area contributed by atoms with Crippen molar-refractivity contribution in [2.45, 2.75) is 76.3 Å². The maximum atomic E-state index is 9.71. The zero-order valence-electron chi connectivity index (χ0n) is 10.7. The normalized spacial score (nSPS) is 33.9. The lowest BCUT2D eigenvalue weighted by Gasteiger charge is -2.35. The highest BCUT2D eigenvalue weighted by Crippen LogP contribution is 2.20. The van der Waals surface area contributed by atoms with Crippen molar-refractivity contribution < 1.29 is 20.1 Å². The molecule has 0 saturated carbocycles. The van der Waals surface area contributed by atoms with Crippen LogP contribution >= 0.6 is 0 Å². The molecule has 3 N–H and O–H groups in total. The third-order valence-corrected chi connectivity index (χ3v) is 3.45. The van der Waals surface area contributed by atoms with Gasteiger partial charge in [-0.25, -0.2) is 0 Å². The van der Waals surface area contributed by atoms with Gasteiger partial charge in [-0.2, -0.15) is 0 Å². The zero-order chi connectivity index (χ0) is 12.7. The summed E-state index contributed by atoms with van der Waals surface area (Å²) in [5.74, 6) is 0. The summed E-state index contributed by atoms with van der Waals surface area (Å²) in [5, 5.41) is 28.5. The summed E-state index contributed by atoms with van der Waals surface area (Å²) in [7, 11) is 0. The summed E-state index contributed by atoms with van der Waals surface area (Å²) in [6.07, 6.45) is 4.65. The fourth-order valence-corrected chi connectivity index (χ4v) is 2.25. The van der Waals surface area contributed by atoms with Gasteiger partial charge in [-0.3, -0.25) is 0 Å². The first-order valence-corrected chi connectivity index (χ1v) is 6.82. The highest BCUT2D eigenvalue weighted by atomic mass is 16.5. The Bertz CT molecular complexity index is 198. The average Bonchev–Trinajstić information content (AvgIpc) is 2.33. The Morgan fingerprint density at radius 1 is 0.941 bits per heavy atom. The van der Waals surface area contributed by atoms with Crippen LogP contribution in [0.5, 0.6) is 0 Å². The molecule has 0 spiro atoms. The molecule has 4 nitrogen and oxygen atoms in total. The van der Waals surface area contributed by atoms with Gasteiger partial charge in [0, 0.05) is 0 Å². The van der Waals surface area contributed by atoms with Crippen molar-refractivity contribution in [3.05, 3.63) is 0 Å². The fraction of sp³-hybridized carbons (Fsp3) is 1.00. The molecule has 17 heavy (non-hydrogen) atoms. The first kappa shape index (κ1) is 14.9. The largest absolute Gasteiger partial charge is 0.388 e. The zero-order valence-corrected chi connectivity index (χ0v) is 10.7. The monoisotopic (exact) mass is 246 g/mol. The Hall–Kier alpha value is -0.160. The number of ether oxygens (including phenoxy) is 1. The second kappa shape index (κ2) is 8.03. The van der Waals surface area contributed by atoms with Crippen molar-refractivity contribution in [2.24, 2.45) is 0 Å². The van der Waals surface area contributed by atoms with Gasteiger partial charge in [-0.1, -0.05) is 45.4 Å². The Kier molecular flexibility index (Phi) is 7.04. The predicted octanol–water partition coefficient (Wildman–Crippen LogP) is 1.22. The van der Waals surface area contributed by atoms with E-state index in [9.17, 15) is 15.3 Å². The minimum atomic E-state index is -1.06. The molecule has 0 amide bonds. The van der Waals surface area contributed by atoms with E-state index in [-0.39, 0.29) is 12.7 Å². The lowest BCUT2D eigenvalue weighted by molar-refractivity contribution is -0.188. The summed E-state index contributed by atoms with van der Waals surface area (Å²) in [6, 6.07) is 0. The number of hydrogen-bond acceptors (Lipinski definition) is 4. The molecule has 1 heterocycles. The van der Waals surface area contributed by atoms with Gasteiger partial charge < -0.3 is 20.1 Å². The Balaban J connectivity index is 2.10. The van der Waals surface area contributed by atoms with Crippen LogP contribution in [0.2, 0.25) is 0 Å². The SMILES string of the molecule is CCCCCCCCC1OC[C@@H](O)[C@H](O)[C@H]1O. The summed E-state index contributed by atoms with van der Waals surface area (Å²) in [4.78, 5) is 0. The van der Waals surface area contributed by atoms with E-state index in [0.717, 1.165) is 19.3 Å². The molecule has 102 valence electrons. The van der Waals surface area contributed by atoms with Gasteiger partial charge in [0.25, 0.3) is 0 Å². The third-order valence-electron chi connectivity index (χ3n) is 3.45. The molecule has 1 rings (SSSR count). The topological polar surface area (TPSA) is 69.9 Å². The van der Waals surface area contributed by atoms with Gasteiger partial charge in [-0.15, -0.1) is 0 Å². The smallest absolute Gasteiger partial charge is 0.111 e. The standard InChI is InChI=1S/C13H26O4/c1-2-3-4-5-6-7-8-11-13(16)12(15)10(14)9-17-11/h10-16H,2-9H2,1H3/t10-,11?,12+,13+/m1/s1. The molecule has 1 aliphatic heterocycles. The Labute approximate surface area is 104 Å². The van der Waals surface area contributed by atoms with Crippen LogP contribution in [0.3, 0.4) is 0 Å². The minimum Gasteiger partial charge on any atom is -0.388 e. The van der Waals surface area contributed by atoms with Crippen LogP contribution in [-0.2, 0) is 4.74 Å². The molecule has 0 bridgehead atoms. The van der Waals surface area contributed by atoms with Crippen LogP contribution < -0.4 is 0 Å². The molecule has 0 aromatic rings. The first-order valence-electron chi connectivity index (χ1n) is 6.82. The van der Waals surface area contributed by atoms with Crippen molar-refractivity contribution in [1.29, 1.82) is 0 Å². The van der Waals surface area contributed by atoms with E-state index in [1.165, 1.54) is 25.7 Å². The molecular formula is C13H26O4. The van der Waals surface area contributed by atoms with E-state index < -0.39 is 18.3 Å². The number of rotatable bonds is 7. The second-order valence-corrected chi connectivity index (χ2v) is 4.98. The molecule has 4 heteroatoms. The van der Waals surface area contributed by atoms with Gasteiger partial charge in [0.1, 0.15) is 18.3 Å². The van der Waals surface area contributed by atoms with Crippen molar-refractivity contribution in [3.8, 4) is 0 Å². The molecule has 0 aromatic heterocycles. The molecule has 1 saturated heterocycles. The van der Waals surface area contributed by atoms with Crippen LogP contribution in [0.15, 0.2) is 0 Å². The molecule has 0 aromatic carbocycles. The molecular weight excluding hydrogens is 220 g/mol. The van der Waals surface area contributed by atoms with Crippen molar-refractivity contribution >= 4 is 0 Å². The highest BCUT2D eigenvalue weighted by molar-refractivity contribution is 4.86. The van der Waals surface area contributed by atoms with Gasteiger partial charge >= 0.3 is 0 Å².